The highest BCUT2D eigenvalue weighted by Crippen LogP contribution is 2.33. The summed E-state index contributed by atoms with van der Waals surface area (Å²) in [5.41, 5.74) is 7.92. The normalized spacial score (nSPS) is 21.1. The molecule has 3 aliphatic rings. The van der Waals surface area contributed by atoms with E-state index in [-0.39, 0.29) is 17.6 Å². The predicted molar refractivity (Wildman–Crippen MR) is 154 cm³/mol. The van der Waals surface area contributed by atoms with Crippen molar-refractivity contribution < 1.29 is 9.59 Å². The lowest BCUT2D eigenvalue weighted by Crippen LogP contribution is -2.48. The molecule has 208 valence electrons. The number of anilines is 3. The van der Waals surface area contributed by atoms with Crippen LogP contribution in [0, 0.1) is 0 Å². The van der Waals surface area contributed by atoms with Crippen LogP contribution in [0.2, 0.25) is 0 Å². The fourth-order valence-electron chi connectivity index (χ4n) is 6.45. The smallest absolute Gasteiger partial charge is 0.271 e. The number of carbonyl (C=O) groups is 2. The summed E-state index contributed by atoms with van der Waals surface area (Å²) in [6.07, 6.45) is 12.7. The lowest BCUT2D eigenvalue weighted by molar-refractivity contribution is -0.127. The van der Waals surface area contributed by atoms with E-state index in [1.54, 1.807) is 6.20 Å². The van der Waals surface area contributed by atoms with Gasteiger partial charge in [0.25, 0.3) is 5.91 Å². The van der Waals surface area contributed by atoms with Crippen LogP contribution in [0.25, 0.3) is 0 Å². The van der Waals surface area contributed by atoms with E-state index in [1.165, 1.54) is 63.3 Å². The molecule has 3 heterocycles. The van der Waals surface area contributed by atoms with Gasteiger partial charge in [-0.15, -0.1) is 0 Å². The van der Waals surface area contributed by atoms with Crippen LogP contribution < -0.4 is 16.0 Å². The fraction of sp³-hybridized carbons (Fsp3) is 0.533. The van der Waals surface area contributed by atoms with Crippen LogP contribution in [0.4, 0.5) is 17.3 Å². The molecule has 9 heteroatoms. The second kappa shape index (κ2) is 12.2. The molecular formula is C30H41N7O2. The Kier molecular flexibility index (Phi) is 8.45. The van der Waals surface area contributed by atoms with Crippen molar-refractivity contribution >= 4 is 29.1 Å². The first-order chi connectivity index (χ1) is 18.9. The third-order valence-corrected chi connectivity index (χ3v) is 8.80. The number of likely N-dealkylation sites (N-methyl/N-ethyl adjacent to an activating group) is 1. The number of carbonyl (C=O) groups excluding carboxylic acids is 2. The van der Waals surface area contributed by atoms with E-state index in [4.69, 9.17) is 10.7 Å². The molecule has 0 spiro atoms. The Bertz CT molecular complexity index is 1170. The number of rotatable bonds is 8. The van der Waals surface area contributed by atoms with E-state index in [0.717, 1.165) is 31.1 Å². The van der Waals surface area contributed by atoms with Crippen LogP contribution in [0.3, 0.4) is 0 Å². The molecule has 1 aromatic heterocycles. The van der Waals surface area contributed by atoms with Crippen molar-refractivity contribution in [1.82, 2.24) is 19.8 Å². The molecule has 1 atom stereocenters. The molecule has 1 saturated carbocycles. The number of nitrogens with one attached hydrogen (secondary N) is 1. The highest BCUT2D eigenvalue weighted by Gasteiger charge is 2.28. The summed E-state index contributed by atoms with van der Waals surface area (Å²) in [7, 11) is 1.94. The van der Waals surface area contributed by atoms with Gasteiger partial charge in [0.2, 0.25) is 5.91 Å². The number of hydrogen-bond acceptors (Lipinski definition) is 7. The molecule has 1 aliphatic carbocycles. The summed E-state index contributed by atoms with van der Waals surface area (Å²) in [4.78, 5) is 39.9. The van der Waals surface area contributed by atoms with Gasteiger partial charge in [-0.2, -0.15) is 0 Å². The minimum absolute atomic E-state index is 0.0616. The zero-order chi connectivity index (χ0) is 27.4. The van der Waals surface area contributed by atoms with Gasteiger partial charge in [-0.1, -0.05) is 31.6 Å². The van der Waals surface area contributed by atoms with Crippen LogP contribution in [0.15, 0.2) is 43.1 Å². The number of aromatic nitrogens is 2. The predicted octanol–water partition coefficient (Wildman–Crippen LogP) is 4.05. The first-order valence-electron chi connectivity index (χ1n) is 14.3. The Morgan fingerprint density at radius 2 is 1.77 bits per heavy atom. The molecule has 2 amide bonds. The third-order valence-electron chi connectivity index (χ3n) is 8.80. The average Bonchev–Trinajstić information content (AvgIpc) is 3.52. The maximum absolute atomic E-state index is 12.1. The average molecular weight is 532 g/mol. The summed E-state index contributed by atoms with van der Waals surface area (Å²) >= 11 is 0. The van der Waals surface area contributed by atoms with Crippen molar-refractivity contribution in [2.45, 2.75) is 69.4 Å². The molecule has 0 unspecified atom stereocenters. The summed E-state index contributed by atoms with van der Waals surface area (Å²) in [6.45, 7) is 7.30. The zero-order valence-corrected chi connectivity index (χ0v) is 23.0. The quantitative estimate of drug-likeness (QED) is 0.495. The van der Waals surface area contributed by atoms with Gasteiger partial charge in [0, 0.05) is 37.9 Å². The van der Waals surface area contributed by atoms with Gasteiger partial charge >= 0.3 is 0 Å². The highest BCUT2D eigenvalue weighted by molar-refractivity contribution is 5.96. The molecule has 3 fully saturated rings. The maximum Gasteiger partial charge on any atom is 0.271 e. The Morgan fingerprint density at radius 1 is 1.05 bits per heavy atom. The first-order valence-corrected chi connectivity index (χ1v) is 14.3. The second-order valence-electron chi connectivity index (χ2n) is 11.2. The minimum Gasteiger partial charge on any atom is -0.364 e. The summed E-state index contributed by atoms with van der Waals surface area (Å²) < 4.78 is 0. The molecule has 3 N–H and O–H groups in total. The second-order valence-corrected chi connectivity index (χ2v) is 11.2. The van der Waals surface area contributed by atoms with Crippen LogP contribution in [-0.2, 0) is 4.79 Å². The van der Waals surface area contributed by atoms with Gasteiger partial charge in [-0.05, 0) is 81.3 Å². The lowest BCUT2D eigenvalue weighted by Gasteiger charge is -2.37. The molecule has 2 aromatic rings. The Balaban J connectivity index is 1.26. The van der Waals surface area contributed by atoms with Crippen LogP contribution in [0.1, 0.15) is 73.3 Å². The summed E-state index contributed by atoms with van der Waals surface area (Å²) in [6, 6.07) is 9.34. The standard InChI is InChI=1S/C30H41N7O2/c1-3-27(38)37-16-6-9-25(20-37)35(2)26-19-32-28(29(31)39)30(34-26)33-23-12-10-21(11-13-23)22-14-17-36(18-15-22)24-7-4-5-8-24/h3,10-13,19,22,24-25H,1,4-9,14-18,20H2,2H3,(H2,31,39)(H,33,34)/t25-/m1/s1. The number of hydrogen-bond donors (Lipinski definition) is 2. The van der Waals surface area contributed by atoms with E-state index in [1.807, 2.05) is 29.0 Å². The van der Waals surface area contributed by atoms with E-state index >= 15 is 0 Å². The van der Waals surface area contributed by atoms with E-state index in [0.29, 0.717) is 24.1 Å². The lowest BCUT2D eigenvalue weighted by atomic mass is 9.88. The summed E-state index contributed by atoms with van der Waals surface area (Å²) in [5, 5.41) is 3.28. The SMILES string of the molecule is C=CC(=O)N1CCC[C@@H](N(C)c2cnc(C(N)=O)c(Nc3ccc(C4CCN(C5CCCC5)CC4)cc3)n2)C1. The zero-order valence-electron chi connectivity index (χ0n) is 23.0. The number of amides is 2. The summed E-state index contributed by atoms with van der Waals surface area (Å²) in [5.74, 6) is 0.835. The minimum atomic E-state index is -0.634. The fourth-order valence-corrected chi connectivity index (χ4v) is 6.45. The molecule has 2 saturated heterocycles. The number of likely N-dealkylation sites (tertiary alicyclic amines) is 2. The van der Waals surface area contributed by atoms with Crippen LogP contribution in [-0.4, -0.2) is 76.9 Å². The number of benzene rings is 1. The Labute approximate surface area is 231 Å². The Morgan fingerprint density at radius 3 is 2.44 bits per heavy atom. The largest absolute Gasteiger partial charge is 0.364 e. The van der Waals surface area contributed by atoms with Gasteiger partial charge in [0.15, 0.2) is 11.5 Å². The maximum atomic E-state index is 12.1. The molecule has 2 aliphatic heterocycles. The van der Waals surface area contributed by atoms with Crippen molar-refractivity contribution in [1.29, 1.82) is 0 Å². The topological polar surface area (TPSA) is 108 Å². The number of nitrogens with zero attached hydrogens (tertiary/aromatic N) is 5. The number of piperidine rings is 2. The third kappa shape index (κ3) is 6.24. The van der Waals surface area contributed by atoms with Crippen molar-refractivity contribution in [3.8, 4) is 0 Å². The highest BCUT2D eigenvalue weighted by atomic mass is 16.2. The molecule has 1 aromatic carbocycles. The van der Waals surface area contributed by atoms with E-state index in [2.05, 4.69) is 33.9 Å². The van der Waals surface area contributed by atoms with Crippen molar-refractivity contribution in [2.75, 3.05) is 43.4 Å². The molecule has 5 rings (SSSR count). The van der Waals surface area contributed by atoms with E-state index < -0.39 is 5.91 Å². The number of nitrogens with two attached hydrogens (primary N) is 1. The molecular weight excluding hydrogens is 490 g/mol. The van der Waals surface area contributed by atoms with Crippen molar-refractivity contribution in [3.63, 3.8) is 0 Å². The van der Waals surface area contributed by atoms with Crippen LogP contribution >= 0.6 is 0 Å². The van der Waals surface area contributed by atoms with Crippen molar-refractivity contribution in [2.24, 2.45) is 5.73 Å². The monoisotopic (exact) mass is 531 g/mol. The van der Waals surface area contributed by atoms with Gasteiger partial charge in [-0.3, -0.25) is 9.59 Å². The van der Waals surface area contributed by atoms with Gasteiger partial charge in [-0.25, -0.2) is 9.97 Å². The molecule has 0 radical (unpaired) electrons. The van der Waals surface area contributed by atoms with Crippen LogP contribution in [0.5, 0.6) is 0 Å². The van der Waals surface area contributed by atoms with Gasteiger partial charge < -0.3 is 25.8 Å². The number of primary amides is 1. The van der Waals surface area contributed by atoms with Crippen molar-refractivity contribution in [3.05, 3.63) is 54.4 Å². The van der Waals surface area contributed by atoms with Gasteiger partial charge in [0.1, 0.15) is 5.82 Å². The Hall–Kier alpha value is -3.46. The first kappa shape index (κ1) is 27.1. The molecule has 39 heavy (non-hydrogen) atoms. The molecule has 9 nitrogen and oxygen atoms in total. The van der Waals surface area contributed by atoms with Gasteiger partial charge in [0.05, 0.1) is 6.20 Å². The molecule has 0 bridgehead atoms. The van der Waals surface area contributed by atoms with E-state index in [9.17, 15) is 9.59 Å².